The van der Waals surface area contributed by atoms with Crippen molar-refractivity contribution in [2.45, 2.75) is 38.3 Å². The summed E-state index contributed by atoms with van der Waals surface area (Å²) in [6, 6.07) is 6.94. The quantitative estimate of drug-likeness (QED) is 0.111. The predicted molar refractivity (Wildman–Crippen MR) is 133 cm³/mol. The lowest BCUT2D eigenvalue weighted by Crippen LogP contribution is -2.36. The first-order valence-electron chi connectivity index (χ1n) is 11.4. The number of rotatable bonds is 12. The van der Waals surface area contributed by atoms with Crippen LogP contribution in [-0.2, 0) is 30.5 Å². The topological polar surface area (TPSA) is 165 Å². The normalized spacial score (nSPS) is 12.6. The molecule has 208 valence electrons. The van der Waals surface area contributed by atoms with Gasteiger partial charge in [-0.05, 0) is 30.7 Å². The van der Waals surface area contributed by atoms with Gasteiger partial charge in [-0.15, -0.1) is 10.2 Å². The molecule has 0 bridgehead atoms. The van der Waals surface area contributed by atoms with Crippen molar-refractivity contribution < 1.29 is 27.2 Å². The molecule has 3 aromatic heterocycles. The summed E-state index contributed by atoms with van der Waals surface area (Å²) in [6.07, 6.45) is -2.16. The van der Waals surface area contributed by atoms with E-state index in [1.807, 2.05) is 0 Å². The summed E-state index contributed by atoms with van der Waals surface area (Å²) in [5.41, 5.74) is 5.05. The molecule has 0 saturated carbocycles. The van der Waals surface area contributed by atoms with Crippen molar-refractivity contribution in [2.24, 2.45) is 11.6 Å². The van der Waals surface area contributed by atoms with Crippen molar-refractivity contribution in [2.75, 3.05) is 6.54 Å². The van der Waals surface area contributed by atoms with Gasteiger partial charge in [0.25, 0.3) is 11.8 Å². The number of alkyl halides is 4. The molecule has 11 nitrogen and oxygen atoms in total. The van der Waals surface area contributed by atoms with Crippen LogP contribution >= 0.6 is 11.3 Å². The summed E-state index contributed by atoms with van der Waals surface area (Å²) in [5.74, 6) is 4.48. The fourth-order valence-corrected chi connectivity index (χ4v) is 3.88. The van der Waals surface area contributed by atoms with Gasteiger partial charge in [-0.2, -0.15) is 13.2 Å². The molecule has 2 amide bonds. The lowest BCUT2D eigenvalue weighted by Gasteiger charge is -2.17. The first-order chi connectivity index (χ1) is 18.5. The first-order valence-corrected chi connectivity index (χ1v) is 12.3. The third-order valence-electron chi connectivity index (χ3n) is 5.04. The van der Waals surface area contributed by atoms with Crippen LogP contribution < -0.4 is 22.2 Å². The van der Waals surface area contributed by atoms with Gasteiger partial charge in [0.2, 0.25) is 5.01 Å². The Kier molecular flexibility index (Phi) is 10.2. The van der Waals surface area contributed by atoms with Gasteiger partial charge in [-0.1, -0.05) is 17.4 Å². The Hall–Kier alpha value is -4.18. The largest absolute Gasteiger partial charge is 0.416 e. The number of nitrogens with two attached hydrogens (primary N) is 2. The van der Waals surface area contributed by atoms with E-state index in [-0.39, 0.29) is 48.9 Å². The van der Waals surface area contributed by atoms with Gasteiger partial charge < -0.3 is 21.4 Å². The van der Waals surface area contributed by atoms with Crippen molar-refractivity contribution in [3.8, 4) is 0 Å². The van der Waals surface area contributed by atoms with Crippen LogP contribution in [0.5, 0.6) is 0 Å². The molecule has 0 spiro atoms. The van der Waals surface area contributed by atoms with E-state index < -0.39 is 29.7 Å². The zero-order valence-corrected chi connectivity index (χ0v) is 21.2. The molecular weight excluding hydrogens is 542 g/mol. The van der Waals surface area contributed by atoms with Gasteiger partial charge >= 0.3 is 6.18 Å². The molecule has 0 saturated heterocycles. The molecule has 3 rings (SSSR count). The summed E-state index contributed by atoms with van der Waals surface area (Å²) in [6.45, 7) is -0.387. The molecule has 3 aromatic rings. The highest BCUT2D eigenvalue weighted by Crippen LogP contribution is 2.28. The minimum Gasteiger partial charge on any atom is -0.393 e. The Labute approximate surface area is 224 Å². The summed E-state index contributed by atoms with van der Waals surface area (Å²) >= 11 is 1.04. The maximum atomic E-state index is 14.4. The number of hydrogen-bond acceptors (Lipinski definition) is 10. The molecule has 3 heterocycles. The van der Waals surface area contributed by atoms with E-state index in [0.717, 1.165) is 40.9 Å². The zero-order chi connectivity index (χ0) is 28.4. The number of aromatic nitrogens is 4. The highest BCUT2D eigenvalue weighted by molar-refractivity contribution is 7.13. The Morgan fingerprint density at radius 3 is 2.54 bits per heavy atom. The molecule has 0 aliphatic carbocycles. The number of hydrazine groups is 1. The minimum atomic E-state index is -4.54. The second-order valence-electron chi connectivity index (χ2n) is 8.14. The number of amides is 2. The van der Waals surface area contributed by atoms with Gasteiger partial charge in [-0.25, -0.2) is 10.2 Å². The molecule has 39 heavy (non-hydrogen) atoms. The van der Waals surface area contributed by atoms with Crippen LogP contribution in [0, 0.1) is 0 Å². The lowest BCUT2D eigenvalue weighted by atomic mass is 10.2. The second-order valence-corrected chi connectivity index (χ2v) is 9.20. The van der Waals surface area contributed by atoms with E-state index in [9.17, 15) is 27.2 Å². The van der Waals surface area contributed by atoms with Crippen LogP contribution in [0.1, 0.15) is 38.2 Å². The molecule has 0 radical (unpaired) electrons. The molecule has 1 atom stereocenters. The molecule has 0 aliphatic heterocycles. The predicted octanol–water partition coefficient (Wildman–Crippen LogP) is 1.84. The van der Waals surface area contributed by atoms with Gasteiger partial charge in [0.05, 0.1) is 36.6 Å². The molecule has 0 aliphatic rings. The molecule has 6 N–H and O–H groups in total. The first kappa shape index (κ1) is 29.4. The van der Waals surface area contributed by atoms with Crippen LogP contribution in [0.2, 0.25) is 0 Å². The summed E-state index contributed by atoms with van der Waals surface area (Å²) in [5, 5.41) is 14.2. The Balaban J connectivity index is 1.41. The van der Waals surface area contributed by atoms with Crippen molar-refractivity contribution in [3.63, 3.8) is 0 Å². The maximum absolute atomic E-state index is 14.4. The van der Waals surface area contributed by atoms with Crippen molar-refractivity contribution in [1.29, 1.82) is 0 Å². The van der Waals surface area contributed by atoms with E-state index in [1.54, 1.807) is 24.4 Å². The smallest absolute Gasteiger partial charge is 0.393 e. The molecule has 0 fully saturated rings. The van der Waals surface area contributed by atoms with Crippen LogP contribution in [0.4, 0.5) is 17.6 Å². The molecular formula is C23H25F4N9O2S. The highest BCUT2D eigenvalue weighted by Gasteiger charge is 2.30. The van der Waals surface area contributed by atoms with E-state index in [0.29, 0.717) is 10.7 Å². The highest BCUT2D eigenvalue weighted by atomic mass is 32.1. The minimum absolute atomic E-state index is 0.0129. The average Bonchev–Trinajstić information content (AvgIpc) is 3.38. The van der Waals surface area contributed by atoms with Crippen LogP contribution in [0.3, 0.4) is 0 Å². The Morgan fingerprint density at radius 1 is 1.08 bits per heavy atom. The number of hydrogen-bond donors (Lipinski definition) is 4. The lowest BCUT2D eigenvalue weighted by molar-refractivity contribution is -0.137. The van der Waals surface area contributed by atoms with E-state index in [1.165, 1.54) is 0 Å². The molecule has 16 heteroatoms. The number of aryl methyl sites for hydroxylation is 1. The Morgan fingerprint density at radius 2 is 1.82 bits per heavy atom. The van der Waals surface area contributed by atoms with Crippen LogP contribution in [0.25, 0.3) is 0 Å². The fraction of sp³-hybridized carbons (Fsp3) is 0.304. The summed E-state index contributed by atoms with van der Waals surface area (Å²) in [4.78, 5) is 32.2. The average molecular weight is 568 g/mol. The number of carbonyl (C=O) groups excluding carboxylic acids is 2. The van der Waals surface area contributed by atoms with Crippen LogP contribution in [0.15, 0.2) is 54.6 Å². The zero-order valence-electron chi connectivity index (χ0n) is 20.4. The third-order valence-corrected chi connectivity index (χ3v) is 6.02. The van der Waals surface area contributed by atoms with Gasteiger partial charge in [-0.3, -0.25) is 19.6 Å². The van der Waals surface area contributed by atoms with Crippen molar-refractivity contribution in [3.05, 3.63) is 81.6 Å². The monoisotopic (exact) mass is 567 g/mol. The standard InChI is InChI=1S/C23H25F4N9O2S/c24-15(4-5-19-34-35-22(39-19)21(38)33-10-16-3-1-2-7-30-16)12-36(29)13-18(28)20(37)32-11-17-9-14(6-8-31-17)23(25,26)27/h1-3,6-9,13,15H,4-5,10-12,28-29H2,(H,32,37)(H,33,38)/b18-13-. The number of halogens is 4. The summed E-state index contributed by atoms with van der Waals surface area (Å²) < 4.78 is 52.8. The van der Waals surface area contributed by atoms with Gasteiger partial charge in [0, 0.05) is 25.0 Å². The van der Waals surface area contributed by atoms with Crippen molar-refractivity contribution in [1.82, 2.24) is 35.8 Å². The molecule has 1 unspecified atom stereocenters. The van der Waals surface area contributed by atoms with E-state index in [2.05, 4.69) is 30.8 Å². The maximum Gasteiger partial charge on any atom is 0.416 e. The van der Waals surface area contributed by atoms with Gasteiger partial charge in [0.15, 0.2) is 0 Å². The van der Waals surface area contributed by atoms with Gasteiger partial charge in [0.1, 0.15) is 16.9 Å². The van der Waals surface area contributed by atoms with E-state index in [4.69, 9.17) is 11.6 Å². The second kappa shape index (κ2) is 13.6. The molecule has 0 aromatic carbocycles. The summed E-state index contributed by atoms with van der Waals surface area (Å²) in [7, 11) is 0. The number of pyridine rings is 2. The number of nitrogens with zero attached hydrogens (tertiary/aromatic N) is 5. The fourth-order valence-electron chi connectivity index (χ4n) is 3.11. The van der Waals surface area contributed by atoms with Crippen LogP contribution in [-0.4, -0.2) is 49.7 Å². The number of carbonyl (C=O) groups is 2. The SMILES string of the molecule is N/C(=C\N(N)CC(F)CCc1nnc(C(=O)NCc2ccccn2)s1)C(=O)NCc1cc(C(F)(F)F)ccn1. The number of nitrogens with one attached hydrogen (secondary N) is 2. The Bertz CT molecular complexity index is 1290. The van der Waals surface area contributed by atoms with Crippen molar-refractivity contribution >= 4 is 23.2 Å². The third kappa shape index (κ3) is 9.57. The van der Waals surface area contributed by atoms with E-state index >= 15 is 0 Å².